The molecule has 1 heterocycles. The second kappa shape index (κ2) is 7.51. The summed E-state index contributed by atoms with van der Waals surface area (Å²) in [5.41, 5.74) is -0.177. The molecular weight excluding hydrogens is 332 g/mol. The zero-order valence-electron chi connectivity index (χ0n) is 13.6. The molecule has 0 bridgehead atoms. The van der Waals surface area contributed by atoms with Gasteiger partial charge in [0.05, 0.1) is 4.92 Å². The summed E-state index contributed by atoms with van der Waals surface area (Å²) in [7, 11) is 0. The molecule has 2 rings (SSSR count). The molecule has 0 spiro atoms. The van der Waals surface area contributed by atoms with Crippen LogP contribution in [0.25, 0.3) is 11.3 Å². The van der Waals surface area contributed by atoms with Gasteiger partial charge in [-0.2, -0.15) is 0 Å². The van der Waals surface area contributed by atoms with E-state index in [0.717, 1.165) is 0 Å². The fourth-order valence-corrected chi connectivity index (χ4v) is 2.11. The van der Waals surface area contributed by atoms with Crippen LogP contribution in [0.3, 0.4) is 0 Å². The first kappa shape index (κ1) is 18.0. The molecule has 10 nitrogen and oxygen atoms in total. The molecule has 0 saturated carbocycles. The van der Waals surface area contributed by atoms with E-state index in [4.69, 9.17) is 4.52 Å². The number of nitrogens with one attached hydrogen (secondary N) is 1. The van der Waals surface area contributed by atoms with E-state index in [0.29, 0.717) is 18.9 Å². The van der Waals surface area contributed by atoms with Gasteiger partial charge in [0.15, 0.2) is 10.7 Å². The Kier molecular flexibility index (Phi) is 5.42. The lowest BCUT2D eigenvalue weighted by molar-refractivity contribution is -0.391. The summed E-state index contributed by atoms with van der Waals surface area (Å²) in [4.78, 5) is 32.8. The predicted molar refractivity (Wildman–Crippen MR) is 87.0 cm³/mol. The van der Waals surface area contributed by atoms with Gasteiger partial charge in [0.1, 0.15) is 0 Å². The van der Waals surface area contributed by atoms with Gasteiger partial charge in [0.25, 0.3) is 11.6 Å². The molecule has 10 heteroatoms. The molecule has 0 aliphatic rings. The second-order valence-corrected chi connectivity index (χ2v) is 5.71. The third-order valence-electron chi connectivity index (χ3n) is 3.42. The van der Waals surface area contributed by atoms with Crippen LogP contribution in [0.15, 0.2) is 28.8 Å². The molecule has 0 saturated heterocycles. The Morgan fingerprint density at radius 3 is 2.36 bits per heavy atom. The van der Waals surface area contributed by atoms with Crippen molar-refractivity contribution in [1.29, 1.82) is 0 Å². The van der Waals surface area contributed by atoms with Gasteiger partial charge in [-0.1, -0.05) is 13.8 Å². The Labute approximate surface area is 142 Å². The molecular formula is C15H16N4O6. The van der Waals surface area contributed by atoms with Gasteiger partial charge in [-0.15, -0.1) is 0 Å². The summed E-state index contributed by atoms with van der Waals surface area (Å²) >= 11 is 0. The van der Waals surface area contributed by atoms with E-state index in [-0.39, 0.29) is 22.6 Å². The molecule has 1 amide bonds. The lowest BCUT2D eigenvalue weighted by atomic mass is 10.1. The van der Waals surface area contributed by atoms with Crippen LogP contribution in [0, 0.1) is 26.1 Å². The number of nitro groups is 2. The van der Waals surface area contributed by atoms with Crippen LogP contribution >= 0.6 is 0 Å². The van der Waals surface area contributed by atoms with Crippen LogP contribution in [0.1, 0.15) is 30.6 Å². The summed E-state index contributed by atoms with van der Waals surface area (Å²) in [6.45, 7) is 4.31. The van der Waals surface area contributed by atoms with Crippen LogP contribution in [0.2, 0.25) is 0 Å². The number of non-ortho nitro benzene ring substituents is 1. The smallest absolute Gasteiger partial charge is 0.358 e. The van der Waals surface area contributed by atoms with Crippen LogP contribution in [0.4, 0.5) is 11.5 Å². The Balaban J connectivity index is 2.36. The van der Waals surface area contributed by atoms with Gasteiger partial charge in [-0.05, 0) is 29.4 Å². The number of carbonyl (C=O) groups excluding carboxylic acids is 1. The lowest BCUT2D eigenvalue weighted by Gasteiger charge is -2.06. The number of nitro benzene ring substituents is 1. The highest BCUT2D eigenvalue weighted by Gasteiger charge is 2.33. The lowest BCUT2D eigenvalue weighted by Crippen LogP contribution is -2.26. The standard InChI is InChI=1S/C15H16N4O6/c1-9(2)7-8-16-15(20)12-13(25-17-14(12)19(23)24)10-3-5-11(6-4-10)18(21)22/h3-6,9H,7-8H2,1-2H3,(H,16,20). The topological polar surface area (TPSA) is 141 Å². The summed E-state index contributed by atoms with van der Waals surface area (Å²) < 4.78 is 4.97. The molecule has 0 atom stereocenters. The Morgan fingerprint density at radius 2 is 1.84 bits per heavy atom. The average molecular weight is 348 g/mol. The van der Waals surface area contributed by atoms with Gasteiger partial charge >= 0.3 is 5.82 Å². The summed E-state index contributed by atoms with van der Waals surface area (Å²) in [6, 6.07) is 5.11. The number of rotatable bonds is 7. The minimum atomic E-state index is -0.810. The Hall–Kier alpha value is -3.30. The van der Waals surface area contributed by atoms with E-state index in [2.05, 4.69) is 10.5 Å². The van der Waals surface area contributed by atoms with Crippen LogP contribution < -0.4 is 5.32 Å². The van der Waals surface area contributed by atoms with E-state index >= 15 is 0 Å². The molecule has 25 heavy (non-hydrogen) atoms. The number of carbonyl (C=O) groups is 1. The molecule has 0 aliphatic carbocycles. The number of aromatic nitrogens is 1. The minimum Gasteiger partial charge on any atom is -0.358 e. The van der Waals surface area contributed by atoms with E-state index in [1.165, 1.54) is 24.3 Å². The summed E-state index contributed by atoms with van der Waals surface area (Å²) in [6.07, 6.45) is 0.706. The Bertz CT molecular complexity index is 797. The van der Waals surface area contributed by atoms with Crippen molar-refractivity contribution >= 4 is 17.4 Å². The minimum absolute atomic E-state index is 0.108. The number of benzene rings is 1. The first-order valence-electron chi connectivity index (χ1n) is 7.48. The Morgan fingerprint density at radius 1 is 1.20 bits per heavy atom. The van der Waals surface area contributed by atoms with Crippen LogP contribution in [0.5, 0.6) is 0 Å². The molecule has 2 aromatic rings. The molecule has 1 aromatic heterocycles. The first-order chi connectivity index (χ1) is 11.8. The fraction of sp³-hybridized carbons (Fsp3) is 0.333. The zero-order chi connectivity index (χ0) is 18.6. The number of hydrogen-bond acceptors (Lipinski definition) is 7. The second-order valence-electron chi connectivity index (χ2n) is 5.71. The van der Waals surface area contributed by atoms with E-state index in [1.807, 2.05) is 13.8 Å². The molecule has 0 fully saturated rings. The average Bonchev–Trinajstić information content (AvgIpc) is 2.99. The van der Waals surface area contributed by atoms with Gasteiger partial charge in [0.2, 0.25) is 5.76 Å². The number of amides is 1. The summed E-state index contributed by atoms with van der Waals surface area (Å²) in [5, 5.41) is 27.8. The van der Waals surface area contributed by atoms with Crippen molar-refractivity contribution in [2.75, 3.05) is 6.54 Å². The van der Waals surface area contributed by atoms with Gasteiger partial charge in [-0.3, -0.25) is 19.4 Å². The maximum absolute atomic E-state index is 12.4. The number of hydrogen-bond donors (Lipinski definition) is 1. The van der Waals surface area contributed by atoms with E-state index in [1.54, 1.807) is 0 Å². The van der Waals surface area contributed by atoms with Crippen LogP contribution in [-0.2, 0) is 0 Å². The van der Waals surface area contributed by atoms with Crippen molar-refractivity contribution in [3.05, 3.63) is 50.1 Å². The maximum atomic E-state index is 12.4. The van der Waals surface area contributed by atoms with Crippen molar-refractivity contribution in [2.45, 2.75) is 20.3 Å². The van der Waals surface area contributed by atoms with Crippen LogP contribution in [-0.4, -0.2) is 27.5 Å². The maximum Gasteiger partial charge on any atom is 0.427 e. The highest BCUT2D eigenvalue weighted by molar-refractivity contribution is 6.02. The number of nitrogens with zero attached hydrogens (tertiary/aromatic N) is 3. The molecule has 0 unspecified atom stereocenters. The molecule has 0 radical (unpaired) electrons. The molecule has 0 aliphatic heterocycles. The summed E-state index contributed by atoms with van der Waals surface area (Å²) in [5.74, 6) is -1.13. The van der Waals surface area contributed by atoms with Crippen molar-refractivity contribution in [3.63, 3.8) is 0 Å². The third kappa shape index (κ3) is 4.16. The van der Waals surface area contributed by atoms with Crippen molar-refractivity contribution in [3.8, 4) is 11.3 Å². The zero-order valence-corrected chi connectivity index (χ0v) is 13.6. The first-order valence-corrected chi connectivity index (χ1v) is 7.48. The van der Waals surface area contributed by atoms with E-state index < -0.39 is 21.6 Å². The van der Waals surface area contributed by atoms with Gasteiger partial charge < -0.3 is 15.4 Å². The highest BCUT2D eigenvalue weighted by Crippen LogP contribution is 2.31. The normalized spacial score (nSPS) is 10.7. The van der Waals surface area contributed by atoms with Crippen molar-refractivity contribution in [2.24, 2.45) is 5.92 Å². The monoisotopic (exact) mass is 348 g/mol. The predicted octanol–water partition coefficient (Wildman–Crippen LogP) is 2.93. The molecule has 1 N–H and O–H groups in total. The highest BCUT2D eigenvalue weighted by atomic mass is 16.6. The SMILES string of the molecule is CC(C)CCNC(=O)c1c([N+](=O)[O-])noc1-c1ccc([N+](=O)[O-])cc1. The fourth-order valence-electron chi connectivity index (χ4n) is 2.11. The quantitative estimate of drug-likeness (QED) is 0.598. The molecule has 1 aromatic carbocycles. The van der Waals surface area contributed by atoms with Gasteiger partial charge in [-0.25, -0.2) is 0 Å². The third-order valence-corrected chi connectivity index (χ3v) is 3.42. The van der Waals surface area contributed by atoms with Crippen molar-refractivity contribution < 1.29 is 19.2 Å². The van der Waals surface area contributed by atoms with E-state index in [9.17, 15) is 25.0 Å². The largest absolute Gasteiger partial charge is 0.427 e. The van der Waals surface area contributed by atoms with Gasteiger partial charge in [0, 0.05) is 24.2 Å². The van der Waals surface area contributed by atoms with Crippen molar-refractivity contribution in [1.82, 2.24) is 10.5 Å². The molecule has 132 valence electrons.